The second-order valence-electron chi connectivity index (χ2n) is 10.3. The normalized spacial score (nSPS) is 11.2. The molecule has 0 aliphatic rings. The number of hydrogen-bond acceptors (Lipinski definition) is 2. The number of aryl methyl sites for hydroxylation is 2. The van der Waals surface area contributed by atoms with Crippen molar-refractivity contribution in [3.8, 4) is 44.6 Å². The van der Waals surface area contributed by atoms with Crippen molar-refractivity contribution in [3.63, 3.8) is 0 Å². The average molecular weight is 513 g/mol. The minimum Gasteiger partial charge on any atom is -0.254 e. The van der Waals surface area contributed by atoms with Gasteiger partial charge in [-0.2, -0.15) is 0 Å². The van der Waals surface area contributed by atoms with Crippen molar-refractivity contribution >= 4 is 21.8 Å². The van der Waals surface area contributed by atoms with Gasteiger partial charge in [0.25, 0.3) is 0 Å². The molecule has 7 aromatic rings. The van der Waals surface area contributed by atoms with E-state index < -0.39 is 0 Å². The van der Waals surface area contributed by atoms with Gasteiger partial charge in [0.1, 0.15) is 0 Å². The molecule has 2 nitrogen and oxygen atoms in total. The van der Waals surface area contributed by atoms with Gasteiger partial charge >= 0.3 is 0 Å². The standard InChI is InChI=1S/C38H28N2/c1-25-26(2)35-20-21-36(40-38(35)37-34(25)15-8-22-39-37)29-18-16-28(17-19-29)31-12-7-14-33(24-31)32-13-6-11-30(23-32)27-9-4-3-5-10-27/h3-24H,1-2H3. The van der Waals surface area contributed by atoms with Crippen molar-refractivity contribution in [2.45, 2.75) is 13.8 Å². The van der Waals surface area contributed by atoms with Gasteiger partial charge in [-0.15, -0.1) is 0 Å². The molecule has 0 fully saturated rings. The molecule has 0 bridgehead atoms. The summed E-state index contributed by atoms with van der Waals surface area (Å²) in [6.45, 7) is 4.34. The zero-order valence-electron chi connectivity index (χ0n) is 22.6. The van der Waals surface area contributed by atoms with Crippen LogP contribution in [0.25, 0.3) is 66.4 Å². The smallest absolute Gasteiger partial charge is 0.0974 e. The minimum atomic E-state index is 0.959. The van der Waals surface area contributed by atoms with E-state index in [-0.39, 0.29) is 0 Å². The molecule has 0 atom stereocenters. The van der Waals surface area contributed by atoms with Crippen LogP contribution in [0.2, 0.25) is 0 Å². The Kier molecular flexibility index (Phi) is 5.94. The predicted octanol–water partition coefficient (Wildman–Crippen LogP) is 10.1. The van der Waals surface area contributed by atoms with Gasteiger partial charge in [0.2, 0.25) is 0 Å². The predicted molar refractivity (Wildman–Crippen MR) is 168 cm³/mol. The van der Waals surface area contributed by atoms with Crippen LogP contribution in [0.4, 0.5) is 0 Å². The average Bonchev–Trinajstić information content (AvgIpc) is 3.04. The van der Waals surface area contributed by atoms with Gasteiger partial charge in [-0.1, -0.05) is 103 Å². The molecule has 0 saturated heterocycles. The van der Waals surface area contributed by atoms with Crippen LogP contribution in [0.5, 0.6) is 0 Å². The maximum atomic E-state index is 5.10. The highest BCUT2D eigenvalue weighted by atomic mass is 14.8. The molecule has 0 amide bonds. The molecule has 0 N–H and O–H groups in total. The van der Waals surface area contributed by atoms with E-state index in [1.807, 2.05) is 12.3 Å². The molecule has 0 saturated carbocycles. The van der Waals surface area contributed by atoms with Gasteiger partial charge in [-0.25, -0.2) is 4.98 Å². The topological polar surface area (TPSA) is 25.8 Å². The van der Waals surface area contributed by atoms with Crippen LogP contribution in [0.3, 0.4) is 0 Å². The Labute approximate surface area is 234 Å². The van der Waals surface area contributed by atoms with Gasteiger partial charge in [-0.05, 0) is 82.6 Å². The Morgan fingerprint density at radius 3 is 1.57 bits per heavy atom. The lowest BCUT2D eigenvalue weighted by Crippen LogP contribution is -1.94. The van der Waals surface area contributed by atoms with E-state index in [4.69, 9.17) is 9.97 Å². The Bertz CT molecular complexity index is 2010. The summed E-state index contributed by atoms with van der Waals surface area (Å²) in [6.07, 6.45) is 1.85. The molecular formula is C38H28N2. The number of rotatable bonds is 4. The molecule has 2 heteroatoms. The number of fused-ring (bicyclic) bond motifs is 3. The highest BCUT2D eigenvalue weighted by Crippen LogP contribution is 2.33. The van der Waals surface area contributed by atoms with Gasteiger partial charge in [0, 0.05) is 22.5 Å². The van der Waals surface area contributed by atoms with E-state index in [2.05, 4.69) is 135 Å². The summed E-state index contributed by atoms with van der Waals surface area (Å²) in [5.74, 6) is 0. The summed E-state index contributed by atoms with van der Waals surface area (Å²) < 4.78 is 0. The molecular weight excluding hydrogens is 484 g/mol. The van der Waals surface area contributed by atoms with Crippen LogP contribution in [0.1, 0.15) is 11.1 Å². The molecule has 190 valence electrons. The maximum Gasteiger partial charge on any atom is 0.0974 e. The van der Waals surface area contributed by atoms with E-state index in [1.165, 1.54) is 49.9 Å². The van der Waals surface area contributed by atoms with Gasteiger partial charge in [0.05, 0.1) is 16.7 Å². The van der Waals surface area contributed by atoms with Crippen LogP contribution >= 0.6 is 0 Å². The fraction of sp³-hybridized carbons (Fsp3) is 0.0526. The molecule has 0 unspecified atom stereocenters. The molecule has 0 spiro atoms. The van der Waals surface area contributed by atoms with Gasteiger partial charge < -0.3 is 0 Å². The molecule has 2 aromatic heterocycles. The summed E-state index contributed by atoms with van der Waals surface area (Å²) in [5.41, 5.74) is 13.8. The fourth-order valence-corrected chi connectivity index (χ4v) is 5.62. The van der Waals surface area contributed by atoms with E-state index >= 15 is 0 Å². The molecule has 2 heterocycles. The number of benzene rings is 5. The summed E-state index contributed by atoms with van der Waals surface area (Å²) in [4.78, 5) is 9.80. The second kappa shape index (κ2) is 9.91. The Hall–Kier alpha value is -5.08. The molecule has 5 aromatic carbocycles. The Balaban J connectivity index is 1.23. The summed E-state index contributed by atoms with van der Waals surface area (Å²) in [7, 11) is 0. The summed E-state index contributed by atoms with van der Waals surface area (Å²) >= 11 is 0. The first-order valence-corrected chi connectivity index (χ1v) is 13.7. The van der Waals surface area contributed by atoms with E-state index in [9.17, 15) is 0 Å². The minimum absolute atomic E-state index is 0.959. The first kappa shape index (κ1) is 24.0. The monoisotopic (exact) mass is 512 g/mol. The third-order valence-corrected chi connectivity index (χ3v) is 7.98. The van der Waals surface area contributed by atoms with E-state index in [1.54, 1.807) is 0 Å². The lowest BCUT2D eigenvalue weighted by Gasteiger charge is -2.12. The van der Waals surface area contributed by atoms with Crippen molar-refractivity contribution in [3.05, 3.63) is 145 Å². The third kappa shape index (κ3) is 4.24. The lowest BCUT2D eigenvalue weighted by atomic mass is 9.95. The van der Waals surface area contributed by atoms with Crippen molar-refractivity contribution in [2.24, 2.45) is 0 Å². The maximum absolute atomic E-state index is 5.10. The summed E-state index contributed by atoms with van der Waals surface area (Å²) in [5, 5.41) is 2.33. The zero-order valence-corrected chi connectivity index (χ0v) is 22.6. The quantitative estimate of drug-likeness (QED) is 0.219. The van der Waals surface area contributed by atoms with Crippen molar-refractivity contribution in [2.75, 3.05) is 0 Å². The first-order valence-electron chi connectivity index (χ1n) is 13.7. The van der Waals surface area contributed by atoms with Gasteiger partial charge in [-0.3, -0.25) is 4.98 Å². The fourth-order valence-electron chi connectivity index (χ4n) is 5.62. The third-order valence-electron chi connectivity index (χ3n) is 7.98. The highest BCUT2D eigenvalue weighted by molar-refractivity contribution is 6.06. The molecule has 0 aliphatic carbocycles. The van der Waals surface area contributed by atoms with E-state index in [0.717, 1.165) is 27.7 Å². The molecule has 0 radical (unpaired) electrons. The first-order chi connectivity index (χ1) is 19.7. The lowest BCUT2D eigenvalue weighted by molar-refractivity contribution is 1.33. The molecule has 0 aliphatic heterocycles. The van der Waals surface area contributed by atoms with Crippen LogP contribution in [-0.4, -0.2) is 9.97 Å². The van der Waals surface area contributed by atoms with Crippen LogP contribution in [0.15, 0.2) is 134 Å². The Morgan fingerprint density at radius 2 is 0.925 bits per heavy atom. The van der Waals surface area contributed by atoms with Crippen molar-refractivity contribution in [1.29, 1.82) is 0 Å². The summed E-state index contributed by atoms with van der Waals surface area (Å²) in [6, 6.07) is 45.2. The SMILES string of the molecule is Cc1c(C)c2ccc(-c3ccc(-c4cccc(-c5cccc(-c6ccccc6)c5)c4)cc3)nc2c2ncccc12. The highest BCUT2D eigenvalue weighted by Gasteiger charge is 2.12. The Morgan fingerprint density at radius 1 is 0.400 bits per heavy atom. The number of aromatic nitrogens is 2. The van der Waals surface area contributed by atoms with Crippen molar-refractivity contribution in [1.82, 2.24) is 9.97 Å². The van der Waals surface area contributed by atoms with Crippen LogP contribution < -0.4 is 0 Å². The number of nitrogens with zero attached hydrogens (tertiary/aromatic N) is 2. The zero-order chi connectivity index (χ0) is 27.1. The molecule has 7 rings (SSSR count). The van der Waals surface area contributed by atoms with Crippen LogP contribution in [-0.2, 0) is 0 Å². The second-order valence-corrected chi connectivity index (χ2v) is 10.3. The van der Waals surface area contributed by atoms with E-state index in [0.29, 0.717) is 0 Å². The van der Waals surface area contributed by atoms with Gasteiger partial charge in [0.15, 0.2) is 0 Å². The van der Waals surface area contributed by atoms with Crippen LogP contribution in [0, 0.1) is 13.8 Å². The molecule has 40 heavy (non-hydrogen) atoms. The number of hydrogen-bond donors (Lipinski definition) is 0. The van der Waals surface area contributed by atoms with Crippen molar-refractivity contribution < 1.29 is 0 Å². The largest absolute Gasteiger partial charge is 0.254 e. The number of pyridine rings is 2.